The molecule has 0 bridgehead atoms. The average Bonchev–Trinajstić information content (AvgIpc) is 2.95. The molecule has 2 aromatic carbocycles. The molecule has 0 aliphatic carbocycles. The fraction of sp³-hybridized carbons (Fsp3) is 0.222. The highest BCUT2D eigenvalue weighted by Gasteiger charge is 2.34. The highest BCUT2D eigenvalue weighted by molar-refractivity contribution is 5.81. The van der Waals surface area contributed by atoms with Gasteiger partial charge in [0.25, 0.3) is 0 Å². The van der Waals surface area contributed by atoms with Crippen LogP contribution in [0.3, 0.4) is 0 Å². The van der Waals surface area contributed by atoms with Gasteiger partial charge in [0.1, 0.15) is 6.61 Å². The van der Waals surface area contributed by atoms with Crippen molar-refractivity contribution < 1.29 is 14.3 Å². The topological polar surface area (TPSA) is 67.4 Å². The summed E-state index contributed by atoms with van der Waals surface area (Å²) in [6, 6.07) is 18.5. The van der Waals surface area contributed by atoms with E-state index in [1.807, 2.05) is 60.7 Å². The Bertz CT molecular complexity index is 673. The Morgan fingerprint density at radius 2 is 1.74 bits per heavy atom. The van der Waals surface area contributed by atoms with E-state index in [2.05, 4.69) is 10.6 Å². The highest BCUT2D eigenvalue weighted by Crippen LogP contribution is 2.24. The van der Waals surface area contributed by atoms with Crippen molar-refractivity contribution in [1.82, 2.24) is 10.6 Å². The number of amides is 2. The number of alkyl carbamates (subject to hydrolysis) is 1. The molecule has 5 heteroatoms. The Morgan fingerprint density at radius 3 is 2.43 bits per heavy atom. The highest BCUT2D eigenvalue weighted by atomic mass is 16.5. The van der Waals surface area contributed by atoms with Gasteiger partial charge in [0.2, 0.25) is 5.91 Å². The van der Waals surface area contributed by atoms with Gasteiger partial charge in [-0.15, -0.1) is 0 Å². The maximum Gasteiger partial charge on any atom is 0.407 e. The van der Waals surface area contributed by atoms with Crippen molar-refractivity contribution >= 4 is 12.0 Å². The third-order valence-electron chi connectivity index (χ3n) is 3.80. The molecule has 2 amide bonds. The molecule has 2 N–H and O–H groups in total. The van der Waals surface area contributed by atoms with E-state index >= 15 is 0 Å². The summed E-state index contributed by atoms with van der Waals surface area (Å²) >= 11 is 0. The zero-order chi connectivity index (χ0) is 16.1. The monoisotopic (exact) mass is 310 g/mol. The van der Waals surface area contributed by atoms with Crippen molar-refractivity contribution in [2.45, 2.75) is 25.1 Å². The minimum absolute atomic E-state index is 0.0767. The Labute approximate surface area is 134 Å². The molecule has 2 aromatic rings. The zero-order valence-electron chi connectivity index (χ0n) is 12.6. The second-order valence-corrected chi connectivity index (χ2v) is 5.47. The Hall–Kier alpha value is -2.82. The van der Waals surface area contributed by atoms with Crippen molar-refractivity contribution in [3.8, 4) is 0 Å². The van der Waals surface area contributed by atoms with E-state index in [0.29, 0.717) is 0 Å². The van der Waals surface area contributed by atoms with Gasteiger partial charge in [0.15, 0.2) is 0 Å². The van der Waals surface area contributed by atoms with Crippen LogP contribution < -0.4 is 10.6 Å². The quantitative estimate of drug-likeness (QED) is 0.912. The molecular formula is C18H18N2O3. The van der Waals surface area contributed by atoms with Crippen molar-refractivity contribution in [2.24, 2.45) is 0 Å². The first-order valence-corrected chi connectivity index (χ1v) is 7.54. The summed E-state index contributed by atoms with van der Waals surface area (Å²) in [6.07, 6.45) is -0.267. The molecule has 1 heterocycles. The lowest BCUT2D eigenvalue weighted by Gasteiger charge is -2.20. The standard InChI is InChI=1S/C18H18N2O3/c21-16-11-15(17(20-16)14-9-5-2-6-10-14)19-18(22)23-12-13-7-3-1-4-8-13/h1-10,15,17H,11-12H2,(H,19,22)(H,20,21)/t15-,17?/m0/s1. The number of hydrogen-bond donors (Lipinski definition) is 2. The van der Waals surface area contributed by atoms with E-state index in [1.165, 1.54) is 0 Å². The van der Waals surface area contributed by atoms with Crippen LogP contribution in [-0.4, -0.2) is 18.0 Å². The first-order chi connectivity index (χ1) is 11.2. The van der Waals surface area contributed by atoms with E-state index in [-0.39, 0.29) is 31.0 Å². The molecule has 1 unspecified atom stereocenters. The van der Waals surface area contributed by atoms with E-state index < -0.39 is 6.09 Å². The lowest BCUT2D eigenvalue weighted by Crippen LogP contribution is -2.38. The van der Waals surface area contributed by atoms with E-state index in [0.717, 1.165) is 11.1 Å². The van der Waals surface area contributed by atoms with Crippen LogP contribution in [0.5, 0.6) is 0 Å². The molecule has 1 aliphatic rings. The molecule has 0 spiro atoms. The molecular weight excluding hydrogens is 292 g/mol. The second-order valence-electron chi connectivity index (χ2n) is 5.47. The van der Waals surface area contributed by atoms with Crippen LogP contribution >= 0.6 is 0 Å². The van der Waals surface area contributed by atoms with Gasteiger partial charge in [-0.05, 0) is 11.1 Å². The average molecular weight is 310 g/mol. The Kier molecular flexibility index (Phi) is 4.57. The van der Waals surface area contributed by atoms with Crippen LogP contribution in [0, 0.1) is 0 Å². The summed E-state index contributed by atoms with van der Waals surface area (Å²) in [5.41, 5.74) is 1.88. The smallest absolute Gasteiger partial charge is 0.407 e. The molecule has 118 valence electrons. The number of carbonyl (C=O) groups excluding carboxylic acids is 2. The minimum atomic E-state index is -0.517. The minimum Gasteiger partial charge on any atom is -0.445 e. The Morgan fingerprint density at radius 1 is 1.09 bits per heavy atom. The predicted octanol–water partition coefficient (Wildman–Crippen LogP) is 2.54. The zero-order valence-corrected chi connectivity index (χ0v) is 12.6. The van der Waals surface area contributed by atoms with E-state index in [1.54, 1.807) is 0 Å². The molecule has 1 fully saturated rings. The van der Waals surface area contributed by atoms with Gasteiger partial charge in [-0.1, -0.05) is 60.7 Å². The summed E-state index contributed by atoms with van der Waals surface area (Å²) in [5.74, 6) is -0.0767. The fourth-order valence-electron chi connectivity index (χ4n) is 2.68. The maximum atomic E-state index is 12.0. The molecule has 1 saturated heterocycles. The van der Waals surface area contributed by atoms with Crippen molar-refractivity contribution in [3.05, 3.63) is 71.8 Å². The second kappa shape index (κ2) is 6.96. The molecule has 0 saturated carbocycles. The van der Waals surface area contributed by atoms with Crippen molar-refractivity contribution in [1.29, 1.82) is 0 Å². The summed E-state index contributed by atoms with van der Waals surface area (Å²) in [4.78, 5) is 23.7. The van der Waals surface area contributed by atoms with Crippen LogP contribution in [0.2, 0.25) is 0 Å². The fourth-order valence-corrected chi connectivity index (χ4v) is 2.68. The number of carbonyl (C=O) groups is 2. The van der Waals surface area contributed by atoms with Gasteiger partial charge in [0, 0.05) is 6.42 Å². The van der Waals surface area contributed by atoms with Crippen LogP contribution in [0.1, 0.15) is 23.6 Å². The van der Waals surface area contributed by atoms with E-state index in [9.17, 15) is 9.59 Å². The van der Waals surface area contributed by atoms with Crippen LogP contribution in [0.15, 0.2) is 60.7 Å². The normalized spacial score (nSPS) is 19.9. The van der Waals surface area contributed by atoms with Crippen LogP contribution in [0.25, 0.3) is 0 Å². The van der Waals surface area contributed by atoms with E-state index in [4.69, 9.17) is 4.74 Å². The predicted molar refractivity (Wildman–Crippen MR) is 85.5 cm³/mol. The largest absolute Gasteiger partial charge is 0.445 e. The summed E-state index contributed by atoms with van der Waals surface area (Å²) in [7, 11) is 0. The summed E-state index contributed by atoms with van der Waals surface area (Å²) < 4.78 is 5.22. The van der Waals surface area contributed by atoms with Gasteiger partial charge < -0.3 is 15.4 Å². The molecule has 0 radical (unpaired) electrons. The number of benzene rings is 2. The summed E-state index contributed by atoms with van der Waals surface area (Å²) in [6.45, 7) is 0.205. The lowest BCUT2D eigenvalue weighted by molar-refractivity contribution is -0.119. The van der Waals surface area contributed by atoms with Crippen LogP contribution in [-0.2, 0) is 16.1 Å². The van der Waals surface area contributed by atoms with Gasteiger partial charge >= 0.3 is 6.09 Å². The number of ether oxygens (including phenoxy) is 1. The number of rotatable bonds is 4. The first kappa shape index (κ1) is 15.1. The summed E-state index contributed by atoms with van der Waals surface area (Å²) in [5, 5.41) is 5.67. The van der Waals surface area contributed by atoms with Crippen LogP contribution in [0.4, 0.5) is 4.79 Å². The van der Waals surface area contributed by atoms with Crippen molar-refractivity contribution in [3.63, 3.8) is 0 Å². The van der Waals surface area contributed by atoms with Gasteiger partial charge in [-0.25, -0.2) is 4.79 Å². The lowest BCUT2D eigenvalue weighted by atomic mass is 10.0. The number of nitrogens with one attached hydrogen (secondary N) is 2. The SMILES string of the molecule is O=C1C[C@H](NC(=O)OCc2ccccc2)C(c2ccccc2)N1. The van der Waals surface area contributed by atoms with Gasteiger partial charge in [-0.2, -0.15) is 0 Å². The van der Waals surface area contributed by atoms with Crippen molar-refractivity contribution in [2.75, 3.05) is 0 Å². The third-order valence-corrected chi connectivity index (χ3v) is 3.80. The molecule has 1 aliphatic heterocycles. The maximum absolute atomic E-state index is 12.0. The first-order valence-electron chi connectivity index (χ1n) is 7.54. The molecule has 23 heavy (non-hydrogen) atoms. The van der Waals surface area contributed by atoms with Gasteiger partial charge in [0.05, 0.1) is 12.1 Å². The third kappa shape index (κ3) is 3.88. The molecule has 2 atom stereocenters. The molecule has 0 aromatic heterocycles. The Balaban J connectivity index is 1.59. The molecule has 3 rings (SSSR count). The van der Waals surface area contributed by atoms with Gasteiger partial charge in [-0.3, -0.25) is 4.79 Å². The molecule has 5 nitrogen and oxygen atoms in total. The number of hydrogen-bond acceptors (Lipinski definition) is 3.